The van der Waals surface area contributed by atoms with Gasteiger partial charge in [-0.15, -0.1) is 11.3 Å². The summed E-state index contributed by atoms with van der Waals surface area (Å²) < 4.78 is 5.56. The van der Waals surface area contributed by atoms with E-state index < -0.39 is 18.0 Å². The number of nitrogens with zero attached hydrogens (tertiary/aromatic N) is 3. The lowest BCUT2D eigenvalue weighted by molar-refractivity contribution is -0.146. The summed E-state index contributed by atoms with van der Waals surface area (Å²) in [5.74, 6) is -0.897. The molecule has 7 nitrogen and oxygen atoms in total. The Morgan fingerprint density at radius 2 is 2.17 bits per heavy atom. The van der Waals surface area contributed by atoms with Crippen molar-refractivity contribution < 1.29 is 19.1 Å². The highest BCUT2D eigenvalue weighted by atomic mass is 35.5. The van der Waals surface area contributed by atoms with Gasteiger partial charge in [0.2, 0.25) is 0 Å². The topological polar surface area (TPSA) is 70.2 Å². The third kappa shape index (κ3) is 3.40. The zero-order chi connectivity index (χ0) is 17.3. The van der Waals surface area contributed by atoms with Crippen molar-refractivity contribution in [3.05, 3.63) is 21.3 Å². The second-order valence-electron chi connectivity index (χ2n) is 5.66. The van der Waals surface area contributed by atoms with E-state index in [0.29, 0.717) is 26.2 Å². The molecule has 130 valence electrons. The van der Waals surface area contributed by atoms with Crippen molar-refractivity contribution in [1.82, 2.24) is 14.7 Å². The predicted molar refractivity (Wildman–Crippen MR) is 88.8 cm³/mol. The third-order valence-corrected chi connectivity index (χ3v) is 5.31. The van der Waals surface area contributed by atoms with Crippen LogP contribution in [0, 0.1) is 0 Å². The van der Waals surface area contributed by atoms with Crippen molar-refractivity contribution in [2.75, 3.05) is 32.8 Å². The maximum Gasteiger partial charge on any atom is 0.328 e. The van der Waals surface area contributed by atoms with Crippen LogP contribution in [0.5, 0.6) is 0 Å². The molecule has 0 radical (unpaired) electrons. The van der Waals surface area contributed by atoms with Gasteiger partial charge in [0, 0.05) is 31.1 Å². The van der Waals surface area contributed by atoms with E-state index in [1.807, 2.05) is 12.1 Å². The second-order valence-corrected chi connectivity index (χ2v) is 7.46. The first-order valence-corrected chi connectivity index (χ1v) is 8.93. The minimum Gasteiger partial charge on any atom is -0.465 e. The van der Waals surface area contributed by atoms with Gasteiger partial charge in [-0.25, -0.2) is 4.79 Å². The molecule has 0 aromatic carbocycles. The number of hydrogen-bond donors (Lipinski definition) is 0. The average Bonchev–Trinajstić information content (AvgIpc) is 3.05. The number of esters is 1. The SMILES string of the molecule is CCOC(=O)CN1C(=O)C2CN(Cc3ccc(Cl)s3)CCN2C1=O. The second kappa shape index (κ2) is 7.08. The van der Waals surface area contributed by atoms with E-state index in [1.54, 1.807) is 11.8 Å². The number of piperazine rings is 1. The summed E-state index contributed by atoms with van der Waals surface area (Å²) in [7, 11) is 0. The molecule has 3 amide bonds. The average molecular weight is 372 g/mol. The molecule has 24 heavy (non-hydrogen) atoms. The van der Waals surface area contributed by atoms with Crippen LogP contribution in [0.2, 0.25) is 4.34 Å². The summed E-state index contributed by atoms with van der Waals surface area (Å²) in [4.78, 5) is 42.2. The highest BCUT2D eigenvalue weighted by Crippen LogP contribution is 2.26. The summed E-state index contributed by atoms with van der Waals surface area (Å²) in [5.41, 5.74) is 0. The van der Waals surface area contributed by atoms with Crippen molar-refractivity contribution in [3.8, 4) is 0 Å². The molecule has 1 atom stereocenters. The standard InChI is InChI=1S/C15H18ClN3O4S/c1-2-23-13(20)9-19-14(21)11-8-17(5-6-18(11)15(19)22)7-10-3-4-12(16)24-10/h3-4,11H,2,5-9H2,1H3. The maximum atomic E-state index is 12.5. The van der Waals surface area contributed by atoms with Crippen molar-refractivity contribution in [2.24, 2.45) is 0 Å². The van der Waals surface area contributed by atoms with Gasteiger partial charge in [-0.2, -0.15) is 0 Å². The zero-order valence-corrected chi connectivity index (χ0v) is 14.8. The molecule has 1 unspecified atom stereocenters. The normalized spacial score (nSPS) is 21.3. The predicted octanol–water partition coefficient (Wildman–Crippen LogP) is 1.41. The number of ether oxygens (including phenoxy) is 1. The van der Waals surface area contributed by atoms with Crippen LogP contribution in [0.1, 0.15) is 11.8 Å². The molecule has 0 spiro atoms. The molecule has 0 saturated carbocycles. The number of imide groups is 1. The molecule has 3 heterocycles. The molecule has 2 aliphatic rings. The fraction of sp³-hybridized carbons (Fsp3) is 0.533. The van der Waals surface area contributed by atoms with Crippen molar-refractivity contribution in [3.63, 3.8) is 0 Å². The van der Waals surface area contributed by atoms with Gasteiger partial charge in [0.15, 0.2) is 0 Å². The van der Waals surface area contributed by atoms with Crippen LogP contribution >= 0.6 is 22.9 Å². The van der Waals surface area contributed by atoms with E-state index in [2.05, 4.69) is 4.90 Å². The molecule has 1 aromatic rings. The minimum absolute atomic E-state index is 0.222. The first-order valence-electron chi connectivity index (χ1n) is 7.73. The summed E-state index contributed by atoms with van der Waals surface area (Å²) in [5, 5.41) is 0. The van der Waals surface area contributed by atoms with Gasteiger partial charge in [0.05, 0.1) is 10.9 Å². The highest BCUT2D eigenvalue weighted by molar-refractivity contribution is 7.16. The molecular formula is C15H18ClN3O4S. The Balaban J connectivity index is 1.64. The number of rotatable bonds is 5. The summed E-state index contributed by atoms with van der Waals surface area (Å²) >= 11 is 7.45. The molecule has 2 saturated heterocycles. The van der Waals surface area contributed by atoms with Gasteiger partial charge in [-0.3, -0.25) is 19.4 Å². The Kier molecular flexibility index (Phi) is 5.07. The van der Waals surface area contributed by atoms with E-state index in [-0.39, 0.29) is 19.1 Å². The van der Waals surface area contributed by atoms with Gasteiger partial charge in [-0.1, -0.05) is 11.6 Å². The Morgan fingerprint density at radius 3 is 2.83 bits per heavy atom. The van der Waals surface area contributed by atoms with Crippen LogP contribution in [0.15, 0.2) is 12.1 Å². The molecule has 3 rings (SSSR count). The molecule has 0 aliphatic carbocycles. The quantitative estimate of drug-likeness (QED) is 0.578. The number of halogens is 1. The fourth-order valence-electron chi connectivity index (χ4n) is 2.99. The summed E-state index contributed by atoms with van der Waals surface area (Å²) in [6, 6.07) is 2.88. The lowest BCUT2D eigenvalue weighted by Crippen LogP contribution is -2.52. The first-order chi connectivity index (χ1) is 11.5. The zero-order valence-electron chi connectivity index (χ0n) is 13.2. The number of carbonyl (C=O) groups excluding carboxylic acids is 3. The molecule has 2 fully saturated rings. The Bertz CT molecular complexity index is 665. The fourth-order valence-corrected chi connectivity index (χ4v) is 4.12. The summed E-state index contributed by atoms with van der Waals surface area (Å²) in [6.07, 6.45) is 0. The monoisotopic (exact) mass is 371 g/mol. The summed E-state index contributed by atoms with van der Waals surface area (Å²) in [6.45, 7) is 3.88. The Labute approximate surface area is 148 Å². The van der Waals surface area contributed by atoms with Crippen LogP contribution in [-0.4, -0.2) is 71.4 Å². The van der Waals surface area contributed by atoms with Crippen molar-refractivity contribution in [2.45, 2.75) is 19.5 Å². The van der Waals surface area contributed by atoms with Crippen LogP contribution in [0.3, 0.4) is 0 Å². The lowest BCUT2D eigenvalue weighted by Gasteiger charge is -2.35. The minimum atomic E-state index is -0.566. The first kappa shape index (κ1) is 17.2. The molecule has 0 bridgehead atoms. The van der Waals surface area contributed by atoms with Gasteiger partial charge in [-0.05, 0) is 19.1 Å². The van der Waals surface area contributed by atoms with E-state index in [9.17, 15) is 14.4 Å². The van der Waals surface area contributed by atoms with E-state index in [1.165, 1.54) is 11.3 Å². The number of carbonyl (C=O) groups is 3. The van der Waals surface area contributed by atoms with Crippen LogP contribution < -0.4 is 0 Å². The third-order valence-electron chi connectivity index (χ3n) is 4.09. The van der Waals surface area contributed by atoms with E-state index in [0.717, 1.165) is 14.1 Å². The van der Waals surface area contributed by atoms with Crippen molar-refractivity contribution in [1.29, 1.82) is 0 Å². The van der Waals surface area contributed by atoms with E-state index >= 15 is 0 Å². The maximum absolute atomic E-state index is 12.5. The Morgan fingerprint density at radius 1 is 1.38 bits per heavy atom. The van der Waals surface area contributed by atoms with Crippen LogP contribution in [-0.2, 0) is 20.9 Å². The van der Waals surface area contributed by atoms with Gasteiger partial charge < -0.3 is 9.64 Å². The number of hydrogen-bond acceptors (Lipinski definition) is 6. The number of thiophene rings is 1. The Hall–Kier alpha value is -1.64. The number of amides is 3. The van der Waals surface area contributed by atoms with E-state index in [4.69, 9.17) is 16.3 Å². The van der Waals surface area contributed by atoms with Gasteiger partial charge in [0.1, 0.15) is 12.6 Å². The molecule has 1 aromatic heterocycles. The van der Waals surface area contributed by atoms with Gasteiger partial charge >= 0.3 is 12.0 Å². The highest BCUT2D eigenvalue weighted by Gasteiger charge is 2.48. The lowest BCUT2D eigenvalue weighted by atomic mass is 10.2. The molecule has 9 heteroatoms. The largest absolute Gasteiger partial charge is 0.465 e. The smallest absolute Gasteiger partial charge is 0.328 e. The van der Waals surface area contributed by atoms with Crippen LogP contribution in [0.25, 0.3) is 0 Å². The number of fused-ring (bicyclic) bond motifs is 1. The van der Waals surface area contributed by atoms with Gasteiger partial charge in [0.25, 0.3) is 5.91 Å². The molecule has 0 N–H and O–H groups in total. The van der Waals surface area contributed by atoms with Crippen molar-refractivity contribution >= 4 is 40.8 Å². The number of urea groups is 1. The molecule has 2 aliphatic heterocycles. The van der Waals surface area contributed by atoms with Crippen LogP contribution in [0.4, 0.5) is 4.79 Å². The molecular weight excluding hydrogens is 354 g/mol.